The van der Waals surface area contributed by atoms with E-state index in [1.807, 2.05) is 32.0 Å². The Labute approximate surface area is 140 Å². The molecular formula is C18H20N2O4. The maximum atomic E-state index is 11.1. The molecule has 0 heterocycles. The highest BCUT2D eigenvalue weighted by Gasteiger charge is 2.08. The monoisotopic (exact) mass is 328 g/mol. The second-order valence-electron chi connectivity index (χ2n) is 4.79. The van der Waals surface area contributed by atoms with Gasteiger partial charge in [-0.15, -0.1) is 0 Å². The molecule has 0 unspecified atom stereocenters. The topological polar surface area (TPSA) is 80.2 Å². The molecule has 0 aliphatic rings. The molecule has 0 saturated heterocycles. The van der Waals surface area contributed by atoms with Gasteiger partial charge in [-0.25, -0.2) is 4.79 Å². The average molecular weight is 328 g/mol. The fourth-order valence-corrected chi connectivity index (χ4v) is 2.09. The number of carboxylic acids is 1. The molecule has 0 saturated carbocycles. The number of carboxylic acid groups (broad SMARTS) is 1. The van der Waals surface area contributed by atoms with Gasteiger partial charge in [-0.3, -0.25) is 5.43 Å². The number of hydrogen-bond acceptors (Lipinski definition) is 5. The maximum Gasteiger partial charge on any atom is 0.337 e. The molecule has 0 aliphatic heterocycles. The Hall–Kier alpha value is -3.02. The maximum absolute atomic E-state index is 11.1. The Morgan fingerprint density at radius 1 is 1.12 bits per heavy atom. The first kappa shape index (κ1) is 17.3. The summed E-state index contributed by atoms with van der Waals surface area (Å²) in [5.41, 5.74) is 4.15. The number of carbonyl (C=O) groups is 1. The highest BCUT2D eigenvalue weighted by atomic mass is 16.5. The summed E-state index contributed by atoms with van der Waals surface area (Å²) in [6.45, 7) is 4.90. The van der Waals surface area contributed by atoms with Crippen LogP contribution in [0.3, 0.4) is 0 Å². The number of aromatic carboxylic acids is 1. The van der Waals surface area contributed by atoms with Gasteiger partial charge in [0.05, 0.1) is 30.7 Å². The van der Waals surface area contributed by atoms with Gasteiger partial charge in [0.25, 0.3) is 0 Å². The third-order valence-electron chi connectivity index (χ3n) is 3.12. The number of rotatable bonds is 8. The van der Waals surface area contributed by atoms with Crippen LogP contribution in [0.2, 0.25) is 0 Å². The van der Waals surface area contributed by atoms with Gasteiger partial charge >= 0.3 is 5.97 Å². The fourth-order valence-electron chi connectivity index (χ4n) is 2.09. The average Bonchev–Trinajstić information content (AvgIpc) is 2.58. The summed E-state index contributed by atoms with van der Waals surface area (Å²) >= 11 is 0. The molecule has 0 aromatic heterocycles. The molecule has 24 heavy (non-hydrogen) atoms. The molecule has 0 fully saturated rings. The Morgan fingerprint density at radius 2 is 1.83 bits per heavy atom. The highest BCUT2D eigenvalue weighted by molar-refractivity contribution is 5.94. The molecular weight excluding hydrogens is 308 g/mol. The van der Waals surface area contributed by atoms with Crippen LogP contribution in [0.1, 0.15) is 29.8 Å². The highest BCUT2D eigenvalue weighted by Crippen LogP contribution is 2.28. The summed E-state index contributed by atoms with van der Waals surface area (Å²) < 4.78 is 11.1. The number of nitrogens with zero attached hydrogens (tertiary/aromatic N) is 1. The summed E-state index contributed by atoms with van der Waals surface area (Å²) in [6, 6.07) is 12.1. The van der Waals surface area contributed by atoms with E-state index >= 15 is 0 Å². The van der Waals surface area contributed by atoms with Crippen LogP contribution < -0.4 is 14.9 Å². The van der Waals surface area contributed by atoms with Crippen LogP contribution >= 0.6 is 0 Å². The number of nitrogens with one attached hydrogen (secondary N) is 1. The van der Waals surface area contributed by atoms with E-state index in [2.05, 4.69) is 10.5 Å². The molecule has 0 aliphatic carbocycles. The number of hydrogen-bond donors (Lipinski definition) is 2. The van der Waals surface area contributed by atoms with Crippen molar-refractivity contribution in [3.63, 3.8) is 0 Å². The molecule has 126 valence electrons. The molecule has 0 radical (unpaired) electrons. The van der Waals surface area contributed by atoms with Crippen LogP contribution in [-0.4, -0.2) is 30.5 Å². The first-order valence-electron chi connectivity index (χ1n) is 7.66. The van der Waals surface area contributed by atoms with Crippen LogP contribution in [0.5, 0.6) is 11.5 Å². The van der Waals surface area contributed by atoms with Gasteiger partial charge in [0, 0.05) is 0 Å². The van der Waals surface area contributed by atoms with Crippen LogP contribution in [0, 0.1) is 0 Å². The van der Waals surface area contributed by atoms with Gasteiger partial charge in [0.15, 0.2) is 11.5 Å². The fraction of sp³-hybridized carbons (Fsp3) is 0.222. The lowest BCUT2D eigenvalue weighted by atomic mass is 10.2. The zero-order valence-electron chi connectivity index (χ0n) is 13.7. The molecule has 6 heteroatoms. The summed E-state index contributed by atoms with van der Waals surface area (Å²) in [5, 5.41) is 13.2. The van der Waals surface area contributed by atoms with Crippen molar-refractivity contribution in [3.05, 3.63) is 53.6 Å². The van der Waals surface area contributed by atoms with Gasteiger partial charge in [0.1, 0.15) is 0 Å². The standard InChI is InChI=1S/C18H20N2O4/c1-3-23-16-10-9-13(11-17(16)24-4-2)12-19-20-15-8-6-5-7-14(15)18(21)22/h5-12,20H,3-4H2,1-2H3,(H,21,22)/b19-12+. The zero-order chi connectivity index (χ0) is 17.4. The quantitative estimate of drug-likeness (QED) is 0.571. The minimum Gasteiger partial charge on any atom is -0.490 e. The van der Waals surface area contributed by atoms with Crippen LogP contribution in [0.25, 0.3) is 0 Å². The van der Waals surface area contributed by atoms with E-state index < -0.39 is 5.97 Å². The summed E-state index contributed by atoms with van der Waals surface area (Å²) in [7, 11) is 0. The van der Waals surface area contributed by atoms with E-state index in [1.165, 1.54) is 6.07 Å². The SMILES string of the molecule is CCOc1ccc(/C=N/Nc2ccccc2C(=O)O)cc1OCC. The van der Waals surface area contributed by atoms with Crippen molar-refractivity contribution in [1.29, 1.82) is 0 Å². The van der Waals surface area contributed by atoms with E-state index in [9.17, 15) is 4.79 Å². The van der Waals surface area contributed by atoms with Crippen molar-refractivity contribution in [1.82, 2.24) is 0 Å². The Kier molecular flexibility index (Phi) is 6.19. The molecule has 6 nitrogen and oxygen atoms in total. The Bertz CT molecular complexity index is 729. The summed E-state index contributed by atoms with van der Waals surface area (Å²) in [4.78, 5) is 11.1. The summed E-state index contributed by atoms with van der Waals surface area (Å²) in [6.07, 6.45) is 1.59. The van der Waals surface area contributed by atoms with Gasteiger partial charge in [-0.05, 0) is 49.7 Å². The smallest absolute Gasteiger partial charge is 0.337 e. The summed E-state index contributed by atoms with van der Waals surface area (Å²) in [5.74, 6) is 0.322. The largest absolute Gasteiger partial charge is 0.490 e. The van der Waals surface area contributed by atoms with E-state index in [0.29, 0.717) is 30.4 Å². The van der Waals surface area contributed by atoms with Crippen LogP contribution in [0.4, 0.5) is 5.69 Å². The molecule has 0 bridgehead atoms. The molecule has 0 spiro atoms. The zero-order valence-corrected chi connectivity index (χ0v) is 13.7. The third-order valence-corrected chi connectivity index (χ3v) is 3.12. The minimum absolute atomic E-state index is 0.163. The van der Waals surface area contributed by atoms with Crippen molar-refractivity contribution in [3.8, 4) is 11.5 Å². The van der Waals surface area contributed by atoms with Crippen molar-refractivity contribution in [2.45, 2.75) is 13.8 Å². The van der Waals surface area contributed by atoms with Gasteiger partial charge < -0.3 is 14.6 Å². The molecule has 2 rings (SSSR count). The van der Waals surface area contributed by atoms with Crippen molar-refractivity contribution >= 4 is 17.9 Å². The molecule has 0 amide bonds. The van der Waals surface area contributed by atoms with Crippen LogP contribution in [-0.2, 0) is 0 Å². The molecule has 2 N–H and O–H groups in total. The second kappa shape index (κ2) is 8.57. The van der Waals surface area contributed by atoms with E-state index in [0.717, 1.165) is 5.56 Å². The normalized spacial score (nSPS) is 10.6. The number of anilines is 1. The van der Waals surface area contributed by atoms with Gasteiger partial charge in [0.2, 0.25) is 0 Å². The predicted molar refractivity (Wildman–Crippen MR) is 93.4 cm³/mol. The minimum atomic E-state index is -1.01. The molecule has 2 aromatic rings. The van der Waals surface area contributed by atoms with E-state index in [4.69, 9.17) is 14.6 Å². The number of ether oxygens (including phenoxy) is 2. The van der Waals surface area contributed by atoms with Crippen molar-refractivity contribution < 1.29 is 19.4 Å². The van der Waals surface area contributed by atoms with Gasteiger partial charge in [-0.2, -0.15) is 5.10 Å². The van der Waals surface area contributed by atoms with E-state index in [-0.39, 0.29) is 5.56 Å². The van der Waals surface area contributed by atoms with Crippen molar-refractivity contribution in [2.75, 3.05) is 18.6 Å². The number of para-hydroxylation sites is 1. The van der Waals surface area contributed by atoms with Crippen molar-refractivity contribution in [2.24, 2.45) is 5.10 Å². The number of hydrazone groups is 1. The lowest BCUT2D eigenvalue weighted by Gasteiger charge is -2.11. The molecule has 0 atom stereocenters. The van der Waals surface area contributed by atoms with Gasteiger partial charge in [-0.1, -0.05) is 12.1 Å². The first-order valence-corrected chi connectivity index (χ1v) is 7.66. The Balaban J connectivity index is 2.15. The predicted octanol–water partition coefficient (Wildman–Crippen LogP) is 3.63. The molecule has 2 aromatic carbocycles. The second-order valence-corrected chi connectivity index (χ2v) is 4.79. The first-order chi connectivity index (χ1) is 11.7. The third kappa shape index (κ3) is 4.49. The Morgan fingerprint density at radius 3 is 2.54 bits per heavy atom. The lowest BCUT2D eigenvalue weighted by molar-refractivity contribution is 0.0698. The lowest BCUT2D eigenvalue weighted by Crippen LogP contribution is -2.02. The van der Waals surface area contributed by atoms with Crippen LogP contribution in [0.15, 0.2) is 47.6 Å². The van der Waals surface area contributed by atoms with E-state index in [1.54, 1.807) is 24.4 Å². The number of benzene rings is 2.